The first-order valence-electron chi connectivity index (χ1n) is 24.1. The van der Waals surface area contributed by atoms with Crippen LogP contribution in [0.5, 0.6) is 0 Å². The molecule has 0 aromatic heterocycles. The van der Waals surface area contributed by atoms with Gasteiger partial charge in [-0.1, -0.05) is 7.43 Å². The van der Waals surface area contributed by atoms with Crippen molar-refractivity contribution in [3.8, 4) is 0 Å². The summed E-state index contributed by atoms with van der Waals surface area (Å²) < 4.78 is 60.8. The third-order valence-corrected chi connectivity index (χ3v) is 19.8. The fraction of sp³-hybridized carbons (Fsp3) is 0.956. The number of piperazine rings is 2. The summed E-state index contributed by atoms with van der Waals surface area (Å²) in [7, 11) is -0.543. The molecule has 404 valence electrons. The third kappa shape index (κ3) is 27.4. The van der Waals surface area contributed by atoms with Crippen LogP contribution in [0.15, 0.2) is 0 Å². The molecule has 0 aliphatic carbocycles. The summed E-state index contributed by atoms with van der Waals surface area (Å²) in [6, 6.07) is 3.05. The first-order valence-corrected chi connectivity index (χ1v) is 30.3. The molecular formula is C45H90Cl2N4O15Si2-2. The number of rotatable bonds is 40. The highest BCUT2D eigenvalue weighted by molar-refractivity contribution is 6.84. The molecule has 8 unspecified atom stereocenters. The SMILES string of the molecule is C.COCCOCCOCCOC(=O)CC1C2CN(CC(O)COCCC[Si](C)(C)O[Si](C)(C)CCCOCC(O)CN3CCN4C(CC(=O)OCCOCCOCCOC)C4C3)CCN12.[Cl-].[Cl-]. The van der Waals surface area contributed by atoms with Crippen molar-refractivity contribution in [2.24, 2.45) is 0 Å². The molecule has 0 amide bonds. The highest BCUT2D eigenvalue weighted by atomic mass is 35.5. The van der Waals surface area contributed by atoms with Crippen LogP contribution in [0, 0.1) is 0 Å². The predicted molar refractivity (Wildman–Crippen MR) is 255 cm³/mol. The summed E-state index contributed by atoms with van der Waals surface area (Å²) >= 11 is 0. The maximum atomic E-state index is 12.4. The largest absolute Gasteiger partial charge is 1.00 e. The second kappa shape index (κ2) is 36.3. The molecule has 0 aromatic carbocycles. The van der Waals surface area contributed by atoms with Crippen LogP contribution in [-0.2, 0) is 61.1 Å². The number of ether oxygens (including phenoxy) is 10. The van der Waals surface area contributed by atoms with E-state index in [0.29, 0.717) is 131 Å². The van der Waals surface area contributed by atoms with Crippen LogP contribution in [0.2, 0.25) is 38.3 Å². The molecule has 4 heterocycles. The van der Waals surface area contributed by atoms with Crippen molar-refractivity contribution in [3.05, 3.63) is 0 Å². The maximum Gasteiger partial charge on any atom is 0.307 e. The Morgan fingerprint density at radius 3 is 1.25 bits per heavy atom. The molecule has 23 heteroatoms. The lowest BCUT2D eigenvalue weighted by molar-refractivity contribution is -0.146. The van der Waals surface area contributed by atoms with Gasteiger partial charge in [-0.15, -0.1) is 0 Å². The first-order chi connectivity index (χ1) is 31.3. The van der Waals surface area contributed by atoms with Gasteiger partial charge in [0, 0.05) is 104 Å². The lowest BCUT2D eigenvalue weighted by atomic mass is 10.2. The zero-order valence-electron chi connectivity index (χ0n) is 41.4. The van der Waals surface area contributed by atoms with Crippen LogP contribution in [0.1, 0.15) is 33.1 Å². The summed E-state index contributed by atoms with van der Waals surface area (Å²) in [5.41, 5.74) is 0. The zero-order chi connectivity index (χ0) is 46.9. The number of hydrogen-bond acceptors (Lipinski definition) is 19. The van der Waals surface area contributed by atoms with E-state index in [1.807, 2.05) is 0 Å². The van der Waals surface area contributed by atoms with Gasteiger partial charge in [-0.3, -0.25) is 29.2 Å². The molecule has 0 bridgehead atoms. The van der Waals surface area contributed by atoms with Crippen LogP contribution in [0.3, 0.4) is 0 Å². The number of hydrogen-bond donors (Lipinski definition) is 2. The van der Waals surface area contributed by atoms with E-state index >= 15 is 0 Å². The predicted octanol–water partition coefficient (Wildman–Crippen LogP) is -4.44. The smallest absolute Gasteiger partial charge is 0.307 e. The summed E-state index contributed by atoms with van der Waals surface area (Å²) in [4.78, 5) is 34.0. The minimum Gasteiger partial charge on any atom is -1.00 e. The Balaban J connectivity index is 0.00000771. The van der Waals surface area contributed by atoms with Crippen molar-refractivity contribution in [2.75, 3.05) is 172 Å². The van der Waals surface area contributed by atoms with E-state index in [1.54, 1.807) is 14.2 Å². The average Bonchev–Trinajstić information content (AvgIpc) is 4.14. The van der Waals surface area contributed by atoms with Crippen LogP contribution >= 0.6 is 0 Å². The van der Waals surface area contributed by atoms with Gasteiger partial charge in [0.2, 0.25) is 0 Å². The first kappa shape index (κ1) is 65.4. The lowest BCUT2D eigenvalue weighted by Gasteiger charge is -2.34. The van der Waals surface area contributed by atoms with E-state index in [1.165, 1.54) is 0 Å². The van der Waals surface area contributed by atoms with Gasteiger partial charge in [0.1, 0.15) is 13.2 Å². The molecule has 4 aliphatic heterocycles. The molecule has 0 saturated carbocycles. The minimum atomic E-state index is -1.90. The maximum absolute atomic E-state index is 12.4. The Labute approximate surface area is 422 Å². The fourth-order valence-electron chi connectivity index (χ4n) is 8.97. The molecule has 4 saturated heterocycles. The van der Waals surface area contributed by atoms with Gasteiger partial charge in [0.25, 0.3) is 0 Å². The number of aliphatic hydroxyl groups excluding tert-OH is 2. The third-order valence-electron chi connectivity index (χ3n) is 12.2. The zero-order valence-corrected chi connectivity index (χ0v) is 44.9. The quantitative estimate of drug-likeness (QED) is 0.0259. The Hall–Kier alpha value is -0.646. The number of β-amino-alcohol motifs (C(OH)–C–C–N with tert-alkyl or cyclic N) is 2. The van der Waals surface area contributed by atoms with Crippen LogP contribution in [-0.4, -0.2) is 267 Å². The number of esters is 2. The molecule has 68 heavy (non-hydrogen) atoms. The van der Waals surface area contributed by atoms with Crippen molar-refractivity contribution in [1.29, 1.82) is 0 Å². The van der Waals surface area contributed by atoms with Gasteiger partial charge < -0.3 is 86.5 Å². The number of aliphatic hydroxyl groups is 2. The molecule has 0 radical (unpaired) electrons. The van der Waals surface area contributed by atoms with E-state index in [0.717, 1.165) is 64.2 Å². The summed E-state index contributed by atoms with van der Waals surface area (Å²) in [5.74, 6) is -0.398. The summed E-state index contributed by atoms with van der Waals surface area (Å²) in [5, 5.41) is 21.4. The van der Waals surface area contributed by atoms with E-state index < -0.39 is 28.8 Å². The van der Waals surface area contributed by atoms with E-state index in [9.17, 15) is 19.8 Å². The monoisotopic (exact) mass is 1050 g/mol. The Morgan fingerprint density at radius 1 is 0.529 bits per heavy atom. The number of carbonyl (C=O) groups is 2. The normalized spacial score (nSPS) is 23.2. The second-order valence-corrected chi connectivity index (χ2v) is 27.7. The molecule has 0 aromatic rings. The summed E-state index contributed by atoms with van der Waals surface area (Å²) in [6.07, 6.45) is 1.44. The second-order valence-electron chi connectivity index (χ2n) is 18.8. The molecule has 2 N–H and O–H groups in total. The minimum absolute atomic E-state index is 0. The molecule has 19 nitrogen and oxygen atoms in total. The number of halogens is 2. The number of nitrogens with zero attached hydrogens (tertiary/aromatic N) is 4. The average molecular weight is 1050 g/mol. The number of methoxy groups -OCH3 is 2. The lowest BCUT2D eigenvalue weighted by Crippen LogP contribution is -3.00. The number of fused-ring (bicyclic) bond motifs is 2. The van der Waals surface area contributed by atoms with Gasteiger partial charge in [-0.2, -0.15) is 0 Å². The molecule has 4 aliphatic rings. The van der Waals surface area contributed by atoms with Crippen molar-refractivity contribution >= 4 is 28.6 Å². The van der Waals surface area contributed by atoms with Crippen molar-refractivity contribution < 1.29 is 96.1 Å². The van der Waals surface area contributed by atoms with Gasteiger partial charge in [-0.25, -0.2) is 0 Å². The van der Waals surface area contributed by atoms with Crippen molar-refractivity contribution in [2.45, 2.75) is 108 Å². The fourth-order valence-corrected chi connectivity index (χ4v) is 17.8. The molecular weight excluding hydrogens is 964 g/mol. The van der Waals surface area contributed by atoms with Crippen molar-refractivity contribution in [1.82, 2.24) is 19.6 Å². The Morgan fingerprint density at radius 2 is 0.882 bits per heavy atom. The van der Waals surface area contributed by atoms with Gasteiger partial charge in [0.15, 0.2) is 16.6 Å². The van der Waals surface area contributed by atoms with Gasteiger partial charge in [0.05, 0.1) is 104 Å². The summed E-state index contributed by atoms with van der Waals surface area (Å²) in [6.45, 7) is 22.4. The van der Waals surface area contributed by atoms with E-state index in [4.69, 9.17) is 51.5 Å². The topological polar surface area (TPSA) is 189 Å². The Kier molecular flexibility index (Phi) is 34.9. The van der Waals surface area contributed by atoms with Gasteiger partial charge >= 0.3 is 11.9 Å². The highest BCUT2D eigenvalue weighted by Gasteiger charge is 2.52. The number of carbonyl (C=O) groups excluding carboxylic acids is 2. The van der Waals surface area contributed by atoms with Crippen LogP contribution in [0.25, 0.3) is 0 Å². The Bertz CT molecular complexity index is 1230. The highest BCUT2D eigenvalue weighted by Crippen LogP contribution is 2.35. The van der Waals surface area contributed by atoms with Crippen molar-refractivity contribution in [3.63, 3.8) is 0 Å². The van der Waals surface area contributed by atoms with E-state index in [2.05, 4.69) is 45.8 Å². The molecule has 8 atom stereocenters. The standard InChI is InChI=1S/C44H86N4O15Si2.CH4.2ClH/c1-53-15-17-55-19-21-57-23-25-61-43(51)29-39-41-33-45(9-11-47(39)41)31-37(49)35-59-13-7-27-64(3,4)63-65(5,6)28-8-14-60-36-38(50)32-46-10-12-48-40(42(48)34-46)30-44(52)62-26-24-58-22-20-56-18-16-54-2;;;/h37-42,49-50H,7-36H2,1-6H3;1H4;2*1H/p-2. The molecule has 4 fully saturated rings. The van der Waals surface area contributed by atoms with Gasteiger partial charge in [-0.05, 0) is 51.1 Å². The van der Waals surface area contributed by atoms with E-state index in [-0.39, 0.29) is 69.5 Å². The van der Waals surface area contributed by atoms with Crippen LogP contribution in [0.4, 0.5) is 0 Å². The molecule has 0 spiro atoms. The van der Waals surface area contributed by atoms with Crippen LogP contribution < -0.4 is 24.8 Å². The molecule has 4 rings (SSSR count).